The Hall–Kier alpha value is -0.0700. The Bertz CT molecular complexity index is 340. The number of carboxylic acids is 1. The third-order valence-corrected chi connectivity index (χ3v) is 6.06. The van der Waals surface area contributed by atoms with Crippen LogP contribution >= 0.6 is 19.4 Å². The fourth-order valence-electron chi connectivity index (χ4n) is 1.84. The zero-order chi connectivity index (χ0) is 14.5. The van der Waals surface area contributed by atoms with Gasteiger partial charge in [-0.25, -0.2) is 4.79 Å². The third kappa shape index (κ3) is 5.08. The number of thioether (sulfide) groups is 1. The van der Waals surface area contributed by atoms with Gasteiger partial charge in [0.15, 0.2) is 6.10 Å². The van der Waals surface area contributed by atoms with E-state index in [-0.39, 0.29) is 16.8 Å². The van der Waals surface area contributed by atoms with Crippen molar-refractivity contribution < 1.29 is 28.3 Å². The molecule has 0 aromatic carbocycles. The molecule has 0 bridgehead atoms. The van der Waals surface area contributed by atoms with Gasteiger partial charge in [0.25, 0.3) is 0 Å². The monoisotopic (exact) mass is 312 g/mol. The molecule has 0 aliphatic carbocycles. The molecular weight excluding hydrogens is 291 g/mol. The summed E-state index contributed by atoms with van der Waals surface area (Å²) in [5, 5.41) is 8.85. The molecular formula is C11H21O6PS. The van der Waals surface area contributed by atoms with Crippen LogP contribution in [0, 0.1) is 0 Å². The Morgan fingerprint density at radius 3 is 2.37 bits per heavy atom. The van der Waals surface area contributed by atoms with Gasteiger partial charge in [-0.15, -0.1) is 11.8 Å². The Balaban J connectivity index is 2.48. The lowest BCUT2D eigenvalue weighted by atomic mass is 10.3. The van der Waals surface area contributed by atoms with E-state index in [1.54, 1.807) is 13.8 Å². The maximum atomic E-state index is 12.2. The average molecular weight is 312 g/mol. The zero-order valence-electron chi connectivity index (χ0n) is 11.4. The van der Waals surface area contributed by atoms with Crippen molar-refractivity contribution in [2.45, 2.75) is 44.0 Å². The molecule has 0 aromatic heterocycles. The smallest absolute Gasteiger partial charge is 0.334 e. The van der Waals surface area contributed by atoms with E-state index in [2.05, 4.69) is 0 Å². The molecule has 1 aliphatic heterocycles. The van der Waals surface area contributed by atoms with E-state index < -0.39 is 19.7 Å². The molecule has 3 atom stereocenters. The maximum absolute atomic E-state index is 12.2. The molecule has 0 aromatic rings. The highest BCUT2D eigenvalue weighted by Crippen LogP contribution is 2.50. The molecule has 112 valence electrons. The minimum Gasteiger partial charge on any atom is -0.479 e. The second kappa shape index (κ2) is 7.64. The van der Waals surface area contributed by atoms with Crippen LogP contribution in [0.25, 0.3) is 0 Å². The van der Waals surface area contributed by atoms with Gasteiger partial charge in [-0.05, 0) is 20.3 Å². The van der Waals surface area contributed by atoms with Crippen LogP contribution in [0.15, 0.2) is 0 Å². The molecule has 0 amide bonds. The van der Waals surface area contributed by atoms with Gasteiger partial charge in [0.05, 0.1) is 19.4 Å². The Labute approximate surface area is 117 Å². The maximum Gasteiger partial charge on any atom is 0.334 e. The molecule has 0 spiro atoms. The molecule has 0 saturated carbocycles. The van der Waals surface area contributed by atoms with Crippen LogP contribution in [-0.4, -0.2) is 47.2 Å². The number of aliphatic carboxylic acids is 1. The van der Waals surface area contributed by atoms with Crippen molar-refractivity contribution in [3.8, 4) is 0 Å². The second-order valence-corrected chi connectivity index (χ2v) is 7.85. The first kappa shape index (κ1) is 17.0. The summed E-state index contributed by atoms with van der Waals surface area (Å²) in [6.07, 6.45) is -0.102. The lowest BCUT2D eigenvalue weighted by molar-refractivity contribution is -0.149. The first-order chi connectivity index (χ1) is 8.91. The van der Waals surface area contributed by atoms with Crippen molar-refractivity contribution in [1.82, 2.24) is 0 Å². The molecule has 0 unspecified atom stereocenters. The molecule has 0 radical (unpaired) electrons. The number of carbonyl (C=O) groups is 1. The van der Waals surface area contributed by atoms with E-state index in [4.69, 9.17) is 18.9 Å². The SMILES string of the molecule is CCOP(=O)(CC[C@H]1O[C@H](C(=O)O)[C@@H](C)S1)OCC. The summed E-state index contributed by atoms with van der Waals surface area (Å²) in [7, 11) is -3.08. The van der Waals surface area contributed by atoms with Gasteiger partial charge in [-0.1, -0.05) is 6.92 Å². The molecule has 1 rings (SSSR count). The summed E-state index contributed by atoms with van der Waals surface area (Å²) < 4.78 is 28.0. The quantitative estimate of drug-likeness (QED) is 0.690. The first-order valence-electron chi connectivity index (χ1n) is 6.33. The standard InChI is InChI=1S/C11H21O6PS/c1-4-15-18(14,16-5-2)7-6-9-17-10(11(12)13)8(3)19-9/h8-10H,4-7H2,1-3H3,(H,12,13)/t8-,9+,10+/m1/s1. The Kier molecular flexibility index (Phi) is 6.83. The number of hydrogen-bond donors (Lipinski definition) is 1. The van der Waals surface area contributed by atoms with Gasteiger partial charge < -0.3 is 18.9 Å². The molecule has 6 nitrogen and oxygen atoms in total. The molecule has 1 aliphatic rings. The van der Waals surface area contributed by atoms with Crippen molar-refractivity contribution in [3.63, 3.8) is 0 Å². The van der Waals surface area contributed by atoms with Crippen molar-refractivity contribution >= 4 is 25.3 Å². The topological polar surface area (TPSA) is 82.1 Å². The summed E-state index contributed by atoms with van der Waals surface area (Å²) >= 11 is 1.44. The van der Waals surface area contributed by atoms with E-state index in [0.717, 1.165) is 0 Å². The van der Waals surface area contributed by atoms with E-state index in [0.29, 0.717) is 19.6 Å². The van der Waals surface area contributed by atoms with E-state index in [1.807, 2.05) is 6.92 Å². The van der Waals surface area contributed by atoms with Crippen LogP contribution in [0.5, 0.6) is 0 Å². The summed E-state index contributed by atoms with van der Waals surface area (Å²) in [5.41, 5.74) is -0.273. The van der Waals surface area contributed by atoms with Crippen LogP contribution < -0.4 is 0 Å². The van der Waals surface area contributed by atoms with Gasteiger partial charge in [0.1, 0.15) is 5.44 Å². The average Bonchev–Trinajstić information content (AvgIpc) is 2.69. The van der Waals surface area contributed by atoms with Crippen LogP contribution in [0.2, 0.25) is 0 Å². The summed E-state index contributed by atoms with van der Waals surface area (Å²) in [5.74, 6) is -0.958. The van der Waals surface area contributed by atoms with Gasteiger partial charge >= 0.3 is 13.6 Å². The van der Waals surface area contributed by atoms with Gasteiger partial charge in [0, 0.05) is 5.25 Å². The summed E-state index contributed by atoms with van der Waals surface area (Å²) in [6, 6.07) is 0. The highest BCUT2D eigenvalue weighted by Gasteiger charge is 2.38. The molecule has 1 N–H and O–H groups in total. The highest BCUT2D eigenvalue weighted by molar-refractivity contribution is 8.00. The Morgan fingerprint density at radius 1 is 1.37 bits per heavy atom. The number of rotatable bonds is 8. The van der Waals surface area contributed by atoms with E-state index in [9.17, 15) is 9.36 Å². The number of ether oxygens (including phenoxy) is 1. The zero-order valence-corrected chi connectivity index (χ0v) is 13.1. The highest BCUT2D eigenvalue weighted by atomic mass is 32.2. The van der Waals surface area contributed by atoms with Crippen LogP contribution in [-0.2, 0) is 23.1 Å². The predicted octanol–water partition coefficient (Wildman–Crippen LogP) is 2.57. The van der Waals surface area contributed by atoms with Crippen molar-refractivity contribution in [3.05, 3.63) is 0 Å². The van der Waals surface area contributed by atoms with Crippen LogP contribution in [0.1, 0.15) is 27.2 Å². The Morgan fingerprint density at radius 2 is 1.95 bits per heavy atom. The van der Waals surface area contributed by atoms with Gasteiger partial charge in [-0.2, -0.15) is 0 Å². The minimum atomic E-state index is -3.08. The van der Waals surface area contributed by atoms with E-state index in [1.165, 1.54) is 11.8 Å². The van der Waals surface area contributed by atoms with Gasteiger partial charge in [0.2, 0.25) is 0 Å². The lowest BCUT2D eigenvalue weighted by Gasteiger charge is -2.18. The first-order valence-corrected chi connectivity index (χ1v) is 9.00. The van der Waals surface area contributed by atoms with Gasteiger partial charge in [-0.3, -0.25) is 4.57 Å². The molecule has 1 saturated heterocycles. The summed E-state index contributed by atoms with van der Waals surface area (Å²) in [4.78, 5) is 10.9. The number of hydrogen-bond acceptors (Lipinski definition) is 6. The molecule has 1 fully saturated rings. The molecule has 1 heterocycles. The van der Waals surface area contributed by atoms with Crippen molar-refractivity contribution in [1.29, 1.82) is 0 Å². The largest absolute Gasteiger partial charge is 0.479 e. The molecule has 19 heavy (non-hydrogen) atoms. The molecule has 8 heteroatoms. The fourth-order valence-corrected chi connectivity index (χ4v) is 4.92. The number of carboxylic acid groups (broad SMARTS) is 1. The second-order valence-electron chi connectivity index (χ2n) is 4.12. The minimum absolute atomic E-state index is 0.110. The summed E-state index contributed by atoms with van der Waals surface area (Å²) in [6.45, 7) is 5.98. The fraction of sp³-hybridized carbons (Fsp3) is 0.909. The van der Waals surface area contributed by atoms with Crippen molar-refractivity contribution in [2.75, 3.05) is 19.4 Å². The normalized spacial score (nSPS) is 27.6. The van der Waals surface area contributed by atoms with Crippen molar-refractivity contribution in [2.24, 2.45) is 0 Å². The third-order valence-electron chi connectivity index (χ3n) is 2.62. The predicted molar refractivity (Wildman–Crippen MR) is 73.7 cm³/mol. The van der Waals surface area contributed by atoms with Crippen LogP contribution in [0.4, 0.5) is 0 Å². The van der Waals surface area contributed by atoms with E-state index >= 15 is 0 Å². The van der Waals surface area contributed by atoms with Crippen LogP contribution in [0.3, 0.4) is 0 Å². The lowest BCUT2D eigenvalue weighted by Crippen LogP contribution is -2.27.